The average Bonchev–Trinajstić information content (AvgIpc) is 3.19. The number of carbonyl (C=O) groups excluding carboxylic acids is 1. The molecule has 1 amide bonds. The maximum atomic E-state index is 12.3. The summed E-state index contributed by atoms with van der Waals surface area (Å²) in [7, 11) is 0. The van der Waals surface area contributed by atoms with E-state index in [9.17, 15) is 23.1 Å². The van der Waals surface area contributed by atoms with Gasteiger partial charge in [0.25, 0.3) is 5.91 Å². The summed E-state index contributed by atoms with van der Waals surface area (Å²) in [5.74, 6) is -2.54. The smallest absolute Gasteiger partial charge is 0.490 e. The minimum Gasteiger partial charge on any atom is -0.508 e. The van der Waals surface area contributed by atoms with Gasteiger partial charge in [-0.3, -0.25) is 14.5 Å². The van der Waals surface area contributed by atoms with Crippen molar-refractivity contribution in [1.29, 1.82) is 0 Å². The number of benzene rings is 1. The van der Waals surface area contributed by atoms with Gasteiger partial charge in [0.05, 0.1) is 17.9 Å². The van der Waals surface area contributed by atoms with Crippen LogP contribution in [-0.4, -0.2) is 49.6 Å². The zero-order valence-corrected chi connectivity index (χ0v) is 17.6. The van der Waals surface area contributed by atoms with Crippen molar-refractivity contribution in [2.75, 3.05) is 6.54 Å². The molecule has 0 spiro atoms. The molecule has 0 atom stereocenters. The van der Waals surface area contributed by atoms with E-state index in [1.807, 2.05) is 41.2 Å². The molecule has 1 aliphatic heterocycles. The second-order valence-electron chi connectivity index (χ2n) is 7.65. The van der Waals surface area contributed by atoms with Crippen LogP contribution in [0, 0.1) is 0 Å². The molecule has 3 heterocycles. The van der Waals surface area contributed by atoms with E-state index in [1.165, 1.54) is 5.56 Å². The molecule has 3 N–H and O–H groups in total. The van der Waals surface area contributed by atoms with Crippen LogP contribution in [-0.2, 0) is 24.2 Å². The normalized spacial score (nSPS) is 14.4. The second kappa shape index (κ2) is 9.00. The molecule has 2 aliphatic rings. The average molecular weight is 472 g/mol. The molecule has 0 saturated carbocycles. The number of aliphatic carboxylic acids is 1. The highest BCUT2D eigenvalue weighted by atomic mass is 19.4. The first-order valence-corrected chi connectivity index (χ1v) is 10.3. The number of carbonyl (C=O) groups is 2. The fourth-order valence-corrected chi connectivity index (χ4v) is 3.76. The van der Waals surface area contributed by atoms with Gasteiger partial charge in [-0.1, -0.05) is 18.2 Å². The van der Waals surface area contributed by atoms with Crippen molar-refractivity contribution in [2.24, 2.45) is 0 Å². The summed E-state index contributed by atoms with van der Waals surface area (Å²) < 4.78 is 33.6. The number of pyridine rings is 1. The van der Waals surface area contributed by atoms with E-state index in [-0.39, 0.29) is 11.7 Å². The van der Waals surface area contributed by atoms with E-state index in [2.05, 4.69) is 10.3 Å². The summed E-state index contributed by atoms with van der Waals surface area (Å²) in [6.07, 6.45) is 2.42. The first-order valence-electron chi connectivity index (χ1n) is 10.3. The number of halogens is 3. The van der Waals surface area contributed by atoms with Crippen LogP contribution in [0.3, 0.4) is 0 Å². The number of phenolic OH excluding ortho intramolecular Hbond substituents is 1. The summed E-state index contributed by atoms with van der Waals surface area (Å²) in [6, 6.07) is 9.07. The van der Waals surface area contributed by atoms with Crippen LogP contribution < -0.4 is 5.32 Å². The molecule has 5 rings (SSSR count). The Labute approximate surface area is 191 Å². The van der Waals surface area contributed by atoms with E-state index < -0.39 is 12.1 Å². The number of hydrogen-bond donors (Lipinski definition) is 3. The van der Waals surface area contributed by atoms with Gasteiger partial charge < -0.3 is 15.5 Å². The summed E-state index contributed by atoms with van der Waals surface area (Å²) >= 11 is 0. The number of phenols is 1. The molecule has 3 aromatic rings. The number of carboxylic acid groups (broad SMARTS) is 1. The fraction of sp³-hybridized carbons (Fsp3) is 0.217. The number of amides is 1. The molecule has 0 fully saturated rings. The van der Waals surface area contributed by atoms with Gasteiger partial charge in [-0.15, -0.1) is 0 Å². The molecular formula is C23H19F3N4O4. The van der Waals surface area contributed by atoms with Crippen molar-refractivity contribution in [3.63, 3.8) is 0 Å². The van der Waals surface area contributed by atoms with E-state index >= 15 is 0 Å². The lowest BCUT2D eigenvalue weighted by Crippen LogP contribution is -2.36. The topological polar surface area (TPSA) is 117 Å². The van der Waals surface area contributed by atoms with Crippen LogP contribution in [0.4, 0.5) is 13.2 Å². The van der Waals surface area contributed by atoms with Crippen molar-refractivity contribution in [2.45, 2.75) is 25.6 Å². The molecule has 34 heavy (non-hydrogen) atoms. The number of alkyl halides is 3. The zero-order valence-electron chi connectivity index (χ0n) is 17.6. The molecular weight excluding hydrogens is 453 g/mol. The SMILES string of the molecule is O=C(O)C(F)(F)F.O=C1NCCn2nc3c(c21)CCc1cnc(C=Cc2ccc(O)cc2)cc1-3. The highest BCUT2D eigenvalue weighted by Gasteiger charge is 2.38. The Hall–Kier alpha value is -4.15. The van der Waals surface area contributed by atoms with Crippen LogP contribution in [0.25, 0.3) is 23.4 Å². The number of fused-ring (bicyclic) bond motifs is 5. The summed E-state index contributed by atoms with van der Waals surface area (Å²) in [5.41, 5.74) is 6.71. The number of aromatic nitrogens is 3. The number of carboxylic acids is 1. The summed E-state index contributed by atoms with van der Waals surface area (Å²) in [5, 5.41) is 24.1. The third-order valence-electron chi connectivity index (χ3n) is 5.36. The van der Waals surface area contributed by atoms with Crippen LogP contribution in [0.1, 0.15) is 32.9 Å². The highest BCUT2D eigenvalue weighted by molar-refractivity contribution is 5.97. The third-order valence-corrected chi connectivity index (χ3v) is 5.36. The quantitative estimate of drug-likeness (QED) is 0.527. The number of rotatable bonds is 2. The molecule has 0 radical (unpaired) electrons. The predicted octanol–water partition coefficient (Wildman–Crippen LogP) is 3.30. The first-order chi connectivity index (χ1) is 16.1. The van der Waals surface area contributed by atoms with Crippen LogP contribution in [0.5, 0.6) is 5.75 Å². The molecule has 0 saturated heterocycles. The van der Waals surface area contributed by atoms with E-state index in [0.717, 1.165) is 40.9 Å². The standard InChI is InChI=1S/C21H18N4O2.C2HF3O2/c26-16-6-2-13(3-7-16)1-5-15-11-18-14(12-23-15)4-8-17-19(18)24-25-10-9-22-21(27)20(17)25;3-2(4,5)1(6)7/h1-3,5-7,11-12,26H,4,8-10H2,(H,22,27);(H,6,7). The lowest BCUT2D eigenvalue weighted by Gasteiger charge is -2.17. The van der Waals surface area contributed by atoms with Gasteiger partial charge in [0, 0.05) is 23.9 Å². The van der Waals surface area contributed by atoms with Gasteiger partial charge in [-0.25, -0.2) is 4.79 Å². The van der Waals surface area contributed by atoms with E-state index in [0.29, 0.717) is 18.8 Å². The monoisotopic (exact) mass is 472 g/mol. The van der Waals surface area contributed by atoms with Crippen molar-refractivity contribution in [1.82, 2.24) is 20.1 Å². The van der Waals surface area contributed by atoms with Crippen molar-refractivity contribution < 1.29 is 33.0 Å². The minimum atomic E-state index is -5.08. The Morgan fingerprint density at radius 3 is 2.53 bits per heavy atom. The lowest BCUT2D eigenvalue weighted by molar-refractivity contribution is -0.192. The Kier molecular flexibility index (Phi) is 6.10. The molecule has 0 unspecified atom stereocenters. The van der Waals surface area contributed by atoms with Gasteiger partial charge >= 0.3 is 12.1 Å². The summed E-state index contributed by atoms with van der Waals surface area (Å²) in [4.78, 5) is 25.7. The molecule has 8 nitrogen and oxygen atoms in total. The predicted molar refractivity (Wildman–Crippen MR) is 116 cm³/mol. The molecule has 1 aliphatic carbocycles. The zero-order chi connectivity index (χ0) is 24.5. The number of nitrogens with one attached hydrogen (secondary N) is 1. The van der Waals surface area contributed by atoms with Gasteiger partial charge in [-0.2, -0.15) is 18.3 Å². The molecule has 11 heteroatoms. The summed E-state index contributed by atoms with van der Waals surface area (Å²) in [6.45, 7) is 1.33. The van der Waals surface area contributed by atoms with Crippen LogP contribution >= 0.6 is 0 Å². The molecule has 2 aromatic heterocycles. The second-order valence-corrected chi connectivity index (χ2v) is 7.65. The van der Waals surface area contributed by atoms with Gasteiger partial charge in [0.2, 0.25) is 0 Å². The van der Waals surface area contributed by atoms with E-state index in [1.54, 1.807) is 12.1 Å². The fourth-order valence-electron chi connectivity index (χ4n) is 3.76. The Bertz CT molecular complexity index is 1280. The lowest BCUT2D eigenvalue weighted by atomic mass is 9.89. The molecule has 1 aromatic carbocycles. The van der Waals surface area contributed by atoms with Crippen molar-refractivity contribution in [3.05, 3.63) is 64.6 Å². The van der Waals surface area contributed by atoms with Gasteiger partial charge in [0.15, 0.2) is 0 Å². The Balaban J connectivity index is 0.000000344. The maximum Gasteiger partial charge on any atom is 0.490 e. The maximum absolute atomic E-state index is 12.3. The van der Waals surface area contributed by atoms with Gasteiger partial charge in [0.1, 0.15) is 11.4 Å². The molecule has 0 bridgehead atoms. The Morgan fingerprint density at radius 1 is 1.15 bits per heavy atom. The first kappa shape index (κ1) is 23.0. The third kappa shape index (κ3) is 4.77. The largest absolute Gasteiger partial charge is 0.508 e. The van der Waals surface area contributed by atoms with Gasteiger partial charge in [-0.05, 0) is 48.2 Å². The molecule has 176 valence electrons. The van der Waals surface area contributed by atoms with Crippen molar-refractivity contribution >= 4 is 24.0 Å². The number of aromatic hydroxyl groups is 1. The number of nitrogens with zero attached hydrogens (tertiary/aromatic N) is 3. The van der Waals surface area contributed by atoms with Crippen molar-refractivity contribution in [3.8, 4) is 17.0 Å². The van der Waals surface area contributed by atoms with E-state index in [4.69, 9.17) is 15.0 Å². The number of aryl methyl sites for hydroxylation is 1. The Morgan fingerprint density at radius 2 is 1.85 bits per heavy atom. The number of hydrogen-bond acceptors (Lipinski definition) is 5. The van der Waals surface area contributed by atoms with Crippen LogP contribution in [0.15, 0.2) is 36.5 Å². The minimum absolute atomic E-state index is 0.0278. The highest BCUT2D eigenvalue weighted by Crippen LogP contribution is 2.35. The van der Waals surface area contributed by atoms with Crippen LogP contribution in [0.2, 0.25) is 0 Å².